The van der Waals surface area contributed by atoms with Crippen LogP contribution >= 0.6 is 0 Å². The van der Waals surface area contributed by atoms with Gasteiger partial charge < -0.3 is 20.2 Å². The first-order chi connectivity index (χ1) is 8.90. The lowest BCUT2D eigenvalue weighted by Gasteiger charge is -2.35. The van der Waals surface area contributed by atoms with Crippen molar-refractivity contribution < 1.29 is 14.7 Å². The van der Waals surface area contributed by atoms with E-state index in [9.17, 15) is 9.59 Å². The summed E-state index contributed by atoms with van der Waals surface area (Å²) in [5.41, 5.74) is 0. The summed E-state index contributed by atoms with van der Waals surface area (Å²) in [6.07, 6.45) is 0. The Kier molecular flexibility index (Phi) is 6.04. The summed E-state index contributed by atoms with van der Waals surface area (Å²) < 4.78 is 0. The summed E-state index contributed by atoms with van der Waals surface area (Å²) in [4.78, 5) is 28.6. The van der Waals surface area contributed by atoms with Crippen molar-refractivity contribution >= 4 is 12.0 Å². The van der Waals surface area contributed by atoms with Gasteiger partial charge in [-0.1, -0.05) is 0 Å². The molecule has 0 saturated carbocycles. The molecule has 0 radical (unpaired) electrons. The van der Waals surface area contributed by atoms with Crippen LogP contribution in [-0.2, 0) is 4.79 Å². The van der Waals surface area contributed by atoms with Crippen molar-refractivity contribution in [2.75, 3.05) is 53.4 Å². The number of hydrogen-bond acceptors (Lipinski definition) is 4. The van der Waals surface area contributed by atoms with Crippen LogP contribution in [-0.4, -0.2) is 91.2 Å². The molecule has 1 rings (SSSR count). The molecule has 1 heterocycles. The predicted molar refractivity (Wildman–Crippen MR) is 72.2 cm³/mol. The molecule has 0 aromatic heterocycles. The maximum Gasteiger partial charge on any atom is 0.325 e. The van der Waals surface area contributed by atoms with E-state index in [4.69, 9.17) is 5.11 Å². The van der Waals surface area contributed by atoms with Crippen LogP contribution in [0.1, 0.15) is 6.92 Å². The van der Waals surface area contributed by atoms with Crippen molar-refractivity contribution in [1.29, 1.82) is 0 Å². The maximum atomic E-state index is 11.8. The number of likely N-dealkylation sites (N-methyl/N-ethyl adjacent to an activating group) is 1. The minimum Gasteiger partial charge on any atom is -0.480 e. The Hall–Kier alpha value is -1.34. The molecule has 1 saturated heterocycles. The molecule has 2 N–H and O–H groups in total. The Labute approximate surface area is 114 Å². The zero-order valence-electron chi connectivity index (χ0n) is 11.9. The number of rotatable bonds is 5. The van der Waals surface area contributed by atoms with E-state index in [0.717, 1.165) is 26.2 Å². The van der Waals surface area contributed by atoms with Crippen LogP contribution in [0.5, 0.6) is 0 Å². The van der Waals surface area contributed by atoms with E-state index in [1.54, 1.807) is 4.90 Å². The maximum absolute atomic E-state index is 11.8. The van der Waals surface area contributed by atoms with E-state index in [1.807, 2.05) is 14.1 Å². The minimum atomic E-state index is -1.02. The molecule has 7 nitrogen and oxygen atoms in total. The highest BCUT2D eigenvalue weighted by molar-refractivity contribution is 5.82. The van der Waals surface area contributed by atoms with E-state index in [0.29, 0.717) is 13.1 Å². The summed E-state index contributed by atoms with van der Waals surface area (Å²) in [5, 5.41) is 11.2. The molecule has 110 valence electrons. The molecule has 0 spiro atoms. The third kappa shape index (κ3) is 5.44. The third-order valence-corrected chi connectivity index (χ3v) is 3.23. The number of aliphatic carboxylic acids is 1. The van der Waals surface area contributed by atoms with Gasteiger partial charge >= 0.3 is 12.0 Å². The SMILES string of the molecule is C[C@H](NC(=O)N1CCN(CCN(C)C)CC1)C(=O)O. The lowest BCUT2D eigenvalue weighted by atomic mass is 10.3. The average Bonchev–Trinajstić information content (AvgIpc) is 2.36. The molecule has 0 aromatic rings. The Bertz CT molecular complexity index is 314. The number of piperazine rings is 1. The number of nitrogens with one attached hydrogen (secondary N) is 1. The van der Waals surface area contributed by atoms with Gasteiger partial charge in [-0.2, -0.15) is 0 Å². The van der Waals surface area contributed by atoms with Crippen LogP contribution in [0.4, 0.5) is 4.79 Å². The molecule has 0 unspecified atom stereocenters. The van der Waals surface area contributed by atoms with Crippen molar-refractivity contribution in [2.24, 2.45) is 0 Å². The van der Waals surface area contributed by atoms with Crippen molar-refractivity contribution in [3.05, 3.63) is 0 Å². The number of carboxylic acids is 1. The van der Waals surface area contributed by atoms with Gasteiger partial charge in [-0.3, -0.25) is 9.69 Å². The van der Waals surface area contributed by atoms with Crippen LogP contribution < -0.4 is 5.32 Å². The van der Waals surface area contributed by atoms with Crippen molar-refractivity contribution in [3.63, 3.8) is 0 Å². The second-order valence-corrected chi connectivity index (χ2v) is 5.14. The summed E-state index contributed by atoms with van der Waals surface area (Å²) >= 11 is 0. The quantitative estimate of drug-likeness (QED) is 0.695. The van der Waals surface area contributed by atoms with Crippen molar-refractivity contribution in [3.8, 4) is 0 Å². The van der Waals surface area contributed by atoms with Crippen molar-refractivity contribution in [2.45, 2.75) is 13.0 Å². The molecular formula is C12H24N4O3. The fraction of sp³-hybridized carbons (Fsp3) is 0.833. The van der Waals surface area contributed by atoms with E-state index in [-0.39, 0.29) is 6.03 Å². The van der Waals surface area contributed by atoms with Gasteiger partial charge in [-0.15, -0.1) is 0 Å². The smallest absolute Gasteiger partial charge is 0.325 e. The number of nitrogens with zero attached hydrogens (tertiary/aromatic N) is 3. The fourth-order valence-corrected chi connectivity index (χ4v) is 1.85. The molecule has 1 aliphatic heterocycles. The van der Waals surface area contributed by atoms with E-state index in [2.05, 4.69) is 15.1 Å². The number of carboxylic acid groups (broad SMARTS) is 1. The Morgan fingerprint density at radius 2 is 1.84 bits per heavy atom. The molecule has 2 amide bonds. The molecule has 1 atom stereocenters. The first-order valence-electron chi connectivity index (χ1n) is 6.55. The second-order valence-electron chi connectivity index (χ2n) is 5.14. The van der Waals surface area contributed by atoms with Gasteiger partial charge in [0.15, 0.2) is 0 Å². The fourth-order valence-electron chi connectivity index (χ4n) is 1.85. The number of carbonyl (C=O) groups excluding carboxylic acids is 1. The van der Waals surface area contributed by atoms with E-state index < -0.39 is 12.0 Å². The monoisotopic (exact) mass is 272 g/mol. The predicted octanol–water partition coefficient (Wildman–Crippen LogP) is -0.652. The average molecular weight is 272 g/mol. The molecule has 0 aromatic carbocycles. The van der Waals surface area contributed by atoms with Crippen LogP contribution in [0, 0.1) is 0 Å². The highest BCUT2D eigenvalue weighted by atomic mass is 16.4. The lowest BCUT2D eigenvalue weighted by Crippen LogP contribution is -2.54. The molecule has 19 heavy (non-hydrogen) atoms. The molecule has 1 fully saturated rings. The van der Waals surface area contributed by atoms with E-state index >= 15 is 0 Å². The second kappa shape index (κ2) is 7.30. The zero-order valence-corrected chi connectivity index (χ0v) is 11.9. The number of carbonyl (C=O) groups is 2. The van der Waals surface area contributed by atoms with Gasteiger partial charge in [0, 0.05) is 39.3 Å². The van der Waals surface area contributed by atoms with E-state index in [1.165, 1.54) is 6.92 Å². The van der Waals surface area contributed by atoms with Crippen LogP contribution in [0.25, 0.3) is 0 Å². The zero-order chi connectivity index (χ0) is 14.4. The molecule has 0 aliphatic carbocycles. The van der Waals surface area contributed by atoms with Gasteiger partial charge in [0.25, 0.3) is 0 Å². The Morgan fingerprint density at radius 3 is 2.32 bits per heavy atom. The van der Waals surface area contributed by atoms with Crippen molar-refractivity contribution in [1.82, 2.24) is 20.0 Å². The van der Waals surface area contributed by atoms with Crippen LogP contribution in [0.3, 0.4) is 0 Å². The molecule has 0 bridgehead atoms. The van der Waals surface area contributed by atoms with Crippen LogP contribution in [0.2, 0.25) is 0 Å². The van der Waals surface area contributed by atoms with Gasteiger partial charge in [0.1, 0.15) is 6.04 Å². The minimum absolute atomic E-state index is 0.290. The van der Waals surface area contributed by atoms with Gasteiger partial charge in [0.05, 0.1) is 0 Å². The van der Waals surface area contributed by atoms with Gasteiger partial charge in [-0.05, 0) is 21.0 Å². The van der Waals surface area contributed by atoms with Gasteiger partial charge in [0.2, 0.25) is 0 Å². The Balaban J connectivity index is 2.29. The van der Waals surface area contributed by atoms with Gasteiger partial charge in [-0.25, -0.2) is 4.79 Å². The summed E-state index contributed by atoms with van der Waals surface area (Å²) in [7, 11) is 4.08. The third-order valence-electron chi connectivity index (χ3n) is 3.23. The number of hydrogen-bond donors (Lipinski definition) is 2. The molecule has 1 aliphatic rings. The summed E-state index contributed by atoms with van der Waals surface area (Å²) in [5.74, 6) is -1.02. The molecular weight excluding hydrogens is 248 g/mol. The first-order valence-corrected chi connectivity index (χ1v) is 6.55. The molecule has 7 heteroatoms. The van der Waals surface area contributed by atoms with Crippen LogP contribution in [0.15, 0.2) is 0 Å². The highest BCUT2D eigenvalue weighted by Crippen LogP contribution is 2.02. The summed E-state index contributed by atoms with van der Waals surface area (Å²) in [6.45, 7) is 6.42. The summed E-state index contributed by atoms with van der Waals surface area (Å²) in [6, 6.07) is -1.14. The lowest BCUT2D eigenvalue weighted by molar-refractivity contribution is -0.138. The standard InChI is InChI=1S/C12H24N4O3/c1-10(11(17)18)13-12(19)16-8-6-15(7-9-16)5-4-14(2)3/h10H,4-9H2,1-3H3,(H,13,19)(H,17,18)/t10-/m0/s1. The normalized spacial score (nSPS) is 18.4. The largest absolute Gasteiger partial charge is 0.480 e. The number of amides is 2. The number of urea groups is 1. The Morgan fingerprint density at radius 1 is 1.26 bits per heavy atom. The highest BCUT2D eigenvalue weighted by Gasteiger charge is 2.23. The topological polar surface area (TPSA) is 76.1 Å². The first kappa shape index (κ1) is 15.7.